The van der Waals surface area contributed by atoms with Gasteiger partial charge in [0.1, 0.15) is 0 Å². The number of rotatable bonds is 6. The van der Waals surface area contributed by atoms with E-state index < -0.39 is 5.41 Å². The zero-order valence-electron chi connectivity index (χ0n) is 25.0. The van der Waals surface area contributed by atoms with Crippen LogP contribution >= 0.6 is 0 Å². The molecule has 0 unspecified atom stereocenters. The van der Waals surface area contributed by atoms with Gasteiger partial charge in [0.15, 0.2) is 0 Å². The first-order valence-corrected chi connectivity index (χ1v) is 14.9. The molecule has 2 aliphatic heterocycles. The van der Waals surface area contributed by atoms with Crippen molar-refractivity contribution in [3.05, 3.63) is 193 Å². The first-order valence-electron chi connectivity index (χ1n) is 14.9. The number of ether oxygens (including phenoxy) is 1. The third-order valence-corrected chi connectivity index (χ3v) is 8.35. The Morgan fingerprint density at radius 3 is 1.98 bits per heavy atom. The van der Waals surface area contributed by atoms with Gasteiger partial charge in [-0.1, -0.05) is 60.7 Å². The molecule has 5 nitrogen and oxygen atoms in total. The van der Waals surface area contributed by atoms with E-state index in [0.717, 1.165) is 45.1 Å². The topological polar surface area (TPSA) is 31.8 Å². The monoisotopic (exact) mass is 776 g/mol. The molecule has 0 N–H and O–H groups in total. The van der Waals surface area contributed by atoms with Crippen molar-refractivity contribution >= 4 is 22.7 Å². The molecule has 0 spiro atoms. The van der Waals surface area contributed by atoms with Crippen molar-refractivity contribution in [1.82, 2.24) is 9.88 Å². The second-order valence-electron chi connectivity index (χ2n) is 11.1. The minimum Gasteiger partial charge on any atom is -0.510 e. The summed E-state index contributed by atoms with van der Waals surface area (Å²) in [4.78, 5) is 11.4. The Hall–Kier alpha value is -5.12. The van der Waals surface area contributed by atoms with Crippen LogP contribution in [0.25, 0.3) is 0 Å². The van der Waals surface area contributed by atoms with Crippen molar-refractivity contribution in [3.63, 3.8) is 0 Å². The first-order chi connectivity index (χ1) is 22.2. The van der Waals surface area contributed by atoms with Gasteiger partial charge in [-0.2, -0.15) is 24.9 Å². The van der Waals surface area contributed by atoms with E-state index >= 15 is 0 Å². The second kappa shape index (κ2) is 12.3. The van der Waals surface area contributed by atoms with Crippen molar-refractivity contribution in [2.24, 2.45) is 0 Å². The standard InChI is InChI=1S/C40H29N4O.Pt/c1-42-25-26-43(29-42)32-16-12-18-34(28-32)45-33-17-11-13-30(27-33)40(39-23-9-10-24-41-39)35-19-5-7-21-37(35)44(31-14-3-2-4-15-31)38-22-8-6-20-36(38)40;/h2-26,29H,1H3;/q-3;. The number of benzene rings is 5. The predicted octanol–water partition coefficient (Wildman–Crippen LogP) is 8.98. The van der Waals surface area contributed by atoms with E-state index in [0.29, 0.717) is 11.5 Å². The van der Waals surface area contributed by atoms with Crippen LogP contribution in [0.5, 0.6) is 11.5 Å². The summed E-state index contributed by atoms with van der Waals surface area (Å²) >= 11 is 0. The molecule has 0 amide bonds. The van der Waals surface area contributed by atoms with Gasteiger partial charge in [-0.3, -0.25) is 4.98 Å². The summed E-state index contributed by atoms with van der Waals surface area (Å²) in [6.07, 6.45) is 5.86. The molecule has 1 aromatic heterocycles. The largest absolute Gasteiger partial charge is 0.510 e. The maximum Gasteiger partial charge on any atom is 0.0692 e. The normalized spacial score (nSPS) is 14.3. The molecule has 0 fully saturated rings. The van der Waals surface area contributed by atoms with Crippen LogP contribution in [0, 0.1) is 18.8 Å². The quantitative estimate of drug-likeness (QED) is 0.158. The van der Waals surface area contributed by atoms with Crippen LogP contribution in [0.15, 0.2) is 152 Å². The second-order valence-corrected chi connectivity index (χ2v) is 11.1. The van der Waals surface area contributed by atoms with Crippen LogP contribution in [0.2, 0.25) is 0 Å². The number of pyridine rings is 1. The summed E-state index contributed by atoms with van der Waals surface area (Å²) in [5, 5.41) is 0. The number of para-hydroxylation sites is 3. The maximum atomic E-state index is 6.46. The molecular weight excluding hydrogens is 748 g/mol. The van der Waals surface area contributed by atoms with Crippen LogP contribution in [-0.4, -0.2) is 16.9 Å². The van der Waals surface area contributed by atoms with Crippen LogP contribution in [0.3, 0.4) is 0 Å². The number of hydrogen-bond donors (Lipinski definition) is 0. The molecular formula is C40H29N4OPt-3. The number of aromatic nitrogens is 1. The molecule has 0 saturated carbocycles. The molecule has 0 saturated heterocycles. The maximum absolute atomic E-state index is 6.46. The molecule has 0 bridgehead atoms. The van der Waals surface area contributed by atoms with Crippen molar-refractivity contribution in [1.29, 1.82) is 0 Å². The summed E-state index contributed by atoms with van der Waals surface area (Å²) in [5.41, 5.74) is 7.51. The Kier molecular flexibility index (Phi) is 7.94. The van der Waals surface area contributed by atoms with Gasteiger partial charge in [-0.25, -0.2) is 0 Å². The Labute approximate surface area is 284 Å². The fraction of sp³-hybridized carbons (Fsp3) is 0.0500. The molecule has 6 aromatic rings. The molecule has 0 atom stereocenters. The Morgan fingerprint density at radius 2 is 1.30 bits per heavy atom. The molecule has 5 aromatic carbocycles. The smallest absolute Gasteiger partial charge is 0.0692 e. The molecule has 2 aliphatic rings. The fourth-order valence-corrected chi connectivity index (χ4v) is 6.47. The van der Waals surface area contributed by atoms with Crippen molar-refractivity contribution in [3.8, 4) is 11.5 Å². The van der Waals surface area contributed by atoms with E-state index in [9.17, 15) is 0 Å². The summed E-state index contributed by atoms with van der Waals surface area (Å²) in [6.45, 7) is 2.00. The minimum atomic E-state index is -0.759. The molecule has 228 valence electrons. The molecule has 6 heteroatoms. The summed E-state index contributed by atoms with van der Waals surface area (Å²) < 4.78 is 6.46. The zero-order chi connectivity index (χ0) is 30.2. The SMILES string of the molecule is CN1C=CN(c2[c-]c(Oc3[c-]c(C4(c5ccccn5)c5ccccc5N(c5ccccc5)c5ccccc54)ccc3)ccc2)[CH-]1.[Pt]. The fourth-order valence-electron chi connectivity index (χ4n) is 6.47. The van der Waals surface area contributed by atoms with Gasteiger partial charge in [0.2, 0.25) is 0 Å². The zero-order valence-corrected chi connectivity index (χ0v) is 27.3. The van der Waals surface area contributed by atoms with Crippen LogP contribution < -0.4 is 14.5 Å². The minimum absolute atomic E-state index is 0. The van der Waals surface area contributed by atoms with Gasteiger partial charge >= 0.3 is 0 Å². The van der Waals surface area contributed by atoms with Gasteiger partial charge in [0, 0.05) is 44.4 Å². The number of fused-ring (bicyclic) bond motifs is 2. The number of anilines is 4. The molecule has 0 aliphatic carbocycles. The van der Waals surface area contributed by atoms with Crippen molar-refractivity contribution in [2.45, 2.75) is 5.41 Å². The Morgan fingerprint density at radius 1 is 0.652 bits per heavy atom. The number of nitrogens with zero attached hydrogens (tertiary/aromatic N) is 4. The van der Waals surface area contributed by atoms with E-state index in [1.54, 1.807) is 0 Å². The van der Waals surface area contributed by atoms with Crippen LogP contribution in [0.1, 0.15) is 22.4 Å². The third kappa shape index (κ3) is 4.98. The number of hydrogen-bond acceptors (Lipinski definition) is 5. The van der Waals surface area contributed by atoms with Crippen LogP contribution in [-0.2, 0) is 26.5 Å². The molecule has 46 heavy (non-hydrogen) atoms. The van der Waals surface area contributed by atoms with E-state index in [1.807, 2.05) is 78.5 Å². The van der Waals surface area contributed by atoms with Crippen LogP contribution in [0.4, 0.5) is 22.7 Å². The summed E-state index contributed by atoms with van der Waals surface area (Å²) in [5.74, 6) is 1.22. The Balaban J connectivity index is 0.00000338. The average molecular weight is 777 g/mol. The summed E-state index contributed by atoms with van der Waals surface area (Å²) in [7, 11) is 2.00. The predicted molar refractivity (Wildman–Crippen MR) is 179 cm³/mol. The van der Waals surface area contributed by atoms with Gasteiger partial charge < -0.3 is 19.4 Å². The Bertz CT molecular complexity index is 1970. The van der Waals surface area contributed by atoms with Gasteiger partial charge in [-0.15, -0.1) is 41.6 Å². The summed E-state index contributed by atoms with van der Waals surface area (Å²) in [6, 6.07) is 53.0. The van der Waals surface area contributed by atoms with Gasteiger partial charge in [-0.05, 0) is 67.0 Å². The van der Waals surface area contributed by atoms with Crippen molar-refractivity contribution < 1.29 is 25.8 Å². The van der Waals surface area contributed by atoms with E-state index in [-0.39, 0.29) is 21.1 Å². The molecule has 0 radical (unpaired) electrons. The molecule has 8 rings (SSSR count). The third-order valence-electron chi connectivity index (χ3n) is 8.35. The van der Waals surface area contributed by atoms with E-state index in [2.05, 4.69) is 114 Å². The molecule has 3 heterocycles. The van der Waals surface area contributed by atoms with Crippen molar-refractivity contribution in [2.75, 3.05) is 16.8 Å². The van der Waals surface area contributed by atoms with Gasteiger partial charge in [0.05, 0.1) is 22.5 Å². The first kappa shape index (κ1) is 29.6. The van der Waals surface area contributed by atoms with E-state index in [1.165, 1.54) is 0 Å². The average Bonchev–Trinajstić information content (AvgIpc) is 3.54. The van der Waals surface area contributed by atoms with Gasteiger partial charge in [0.25, 0.3) is 0 Å². The van der Waals surface area contributed by atoms with E-state index in [4.69, 9.17) is 9.72 Å².